The number of ether oxygens (including phenoxy) is 1. The Kier molecular flexibility index (Phi) is 8.87. The van der Waals surface area contributed by atoms with E-state index in [4.69, 9.17) is 21.4 Å². The standard InChI is InChI=1S/C16H22ClNO4S/c1-11-10-12(17)5-6-14(11)22-8-3-4-15(19)18-13(16(20)21)7-9-23-2/h5-6,10,13H,3-4,7-9H2,1-2H3,(H,18,19)(H,20,21)/t13-/m0/s1. The maximum absolute atomic E-state index is 11.8. The minimum atomic E-state index is -1.000. The van der Waals surface area contributed by atoms with Gasteiger partial charge in [0.1, 0.15) is 11.8 Å². The van der Waals surface area contributed by atoms with Crippen LogP contribution in [0.1, 0.15) is 24.8 Å². The van der Waals surface area contributed by atoms with Crippen molar-refractivity contribution in [2.24, 2.45) is 0 Å². The second-order valence-electron chi connectivity index (χ2n) is 5.10. The lowest BCUT2D eigenvalue weighted by atomic mass is 10.2. The van der Waals surface area contributed by atoms with Gasteiger partial charge in [-0.25, -0.2) is 4.79 Å². The Bertz CT molecular complexity index is 539. The van der Waals surface area contributed by atoms with Crippen LogP contribution in [0.3, 0.4) is 0 Å². The number of benzene rings is 1. The topological polar surface area (TPSA) is 75.6 Å². The number of carbonyl (C=O) groups excluding carboxylic acids is 1. The summed E-state index contributed by atoms with van der Waals surface area (Å²) in [6.45, 7) is 2.29. The maximum atomic E-state index is 11.8. The van der Waals surface area contributed by atoms with E-state index in [0.717, 1.165) is 11.3 Å². The number of hydrogen-bond acceptors (Lipinski definition) is 4. The summed E-state index contributed by atoms with van der Waals surface area (Å²) in [5.41, 5.74) is 0.935. The number of aliphatic carboxylic acids is 1. The first kappa shape index (κ1) is 19.6. The van der Waals surface area contributed by atoms with Crippen molar-refractivity contribution in [1.29, 1.82) is 0 Å². The molecule has 0 aromatic heterocycles. The summed E-state index contributed by atoms with van der Waals surface area (Å²) >= 11 is 7.42. The summed E-state index contributed by atoms with van der Waals surface area (Å²) in [4.78, 5) is 22.9. The quantitative estimate of drug-likeness (QED) is 0.628. The zero-order valence-electron chi connectivity index (χ0n) is 13.3. The molecule has 1 amide bonds. The Labute approximate surface area is 145 Å². The van der Waals surface area contributed by atoms with E-state index in [2.05, 4.69) is 5.32 Å². The largest absolute Gasteiger partial charge is 0.493 e. The molecule has 0 spiro atoms. The van der Waals surface area contributed by atoms with Gasteiger partial charge in [0, 0.05) is 11.4 Å². The molecule has 1 atom stereocenters. The third-order valence-electron chi connectivity index (χ3n) is 3.19. The van der Waals surface area contributed by atoms with Crippen molar-refractivity contribution in [2.45, 2.75) is 32.2 Å². The second kappa shape index (κ2) is 10.4. The summed E-state index contributed by atoms with van der Waals surface area (Å²) in [5, 5.41) is 12.3. The fourth-order valence-electron chi connectivity index (χ4n) is 1.95. The lowest BCUT2D eigenvalue weighted by Crippen LogP contribution is -2.41. The third-order valence-corrected chi connectivity index (χ3v) is 4.07. The second-order valence-corrected chi connectivity index (χ2v) is 6.52. The van der Waals surface area contributed by atoms with Crippen LogP contribution in [0.5, 0.6) is 5.75 Å². The SMILES string of the molecule is CSCC[C@H](NC(=O)CCCOc1ccc(Cl)cc1C)C(=O)O. The van der Waals surface area contributed by atoms with E-state index in [9.17, 15) is 9.59 Å². The number of carbonyl (C=O) groups is 2. The normalized spacial score (nSPS) is 11.8. The van der Waals surface area contributed by atoms with Crippen molar-refractivity contribution >= 4 is 35.2 Å². The lowest BCUT2D eigenvalue weighted by molar-refractivity contribution is -0.141. The van der Waals surface area contributed by atoms with Crippen molar-refractivity contribution in [2.75, 3.05) is 18.6 Å². The van der Waals surface area contributed by atoms with Gasteiger partial charge >= 0.3 is 5.97 Å². The van der Waals surface area contributed by atoms with Gasteiger partial charge in [-0.2, -0.15) is 11.8 Å². The molecule has 5 nitrogen and oxygen atoms in total. The zero-order valence-corrected chi connectivity index (χ0v) is 14.9. The Balaban J connectivity index is 2.31. The minimum absolute atomic E-state index is 0.232. The van der Waals surface area contributed by atoms with Crippen LogP contribution < -0.4 is 10.1 Å². The Morgan fingerprint density at radius 3 is 2.78 bits per heavy atom. The van der Waals surface area contributed by atoms with Crippen LogP contribution in [0.2, 0.25) is 5.02 Å². The highest BCUT2D eigenvalue weighted by molar-refractivity contribution is 7.98. The molecule has 0 saturated carbocycles. The van der Waals surface area contributed by atoms with Crippen LogP contribution in [0.15, 0.2) is 18.2 Å². The molecule has 1 aromatic carbocycles. The molecule has 7 heteroatoms. The molecule has 0 fully saturated rings. The van der Waals surface area contributed by atoms with Crippen molar-refractivity contribution < 1.29 is 19.4 Å². The third kappa shape index (κ3) is 7.61. The molecule has 1 rings (SSSR count). The van der Waals surface area contributed by atoms with Gasteiger partial charge in [0.25, 0.3) is 0 Å². The highest BCUT2D eigenvalue weighted by Crippen LogP contribution is 2.21. The minimum Gasteiger partial charge on any atom is -0.493 e. The van der Waals surface area contributed by atoms with Gasteiger partial charge in [-0.3, -0.25) is 4.79 Å². The van der Waals surface area contributed by atoms with E-state index in [-0.39, 0.29) is 12.3 Å². The fraction of sp³-hybridized carbons (Fsp3) is 0.500. The summed E-state index contributed by atoms with van der Waals surface area (Å²) in [7, 11) is 0. The van der Waals surface area contributed by atoms with E-state index in [0.29, 0.717) is 30.2 Å². The lowest BCUT2D eigenvalue weighted by Gasteiger charge is -2.14. The Morgan fingerprint density at radius 1 is 1.43 bits per heavy atom. The predicted molar refractivity (Wildman–Crippen MR) is 93.5 cm³/mol. The van der Waals surface area contributed by atoms with Gasteiger partial charge in [0.15, 0.2) is 0 Å². The molecule has 0 saturated heterocycles. The van der Waals surface area contributed by atoms with Gasteiger partial charge in [-0.15, -0.1) is 0 Å². The summed E-state index contributed by atoms with van der Waals surface area (Å²) in [6, 6.07) is 4.53. The molecule has 0 aliphatic heterocycles. The number of halogens is 1. The monoisotopic (exact) mass is 359 g/mol. The van der Waals surface area contributed by atoms with Crippen molar-refractivity contribution in [3.8, 4) is 5.75 Å². The number of amides is 1. The van der Waals surface area contributed by atoms with Crippen molar-refractivity contribution in [3.63, 3.8) is 0 Å². The summed E-state index contributed by atoms with van der Waals surface area (Å²) < 4.78 is 5.60. The molecule has 23 heavy (non-hydrogen) atoms. The predicted octanol–water partition coefficient (Wildman–Crippen LogP) is 3.13. The van der Waals surface area contributed by atoms with Crippen molar-refractivity contribution in [1.82, 2.24) is 5.32 Å². The molecule has 0 radical (unpaired) electrons. The molecule has 0 aliphatic rings. The van der Waals surface area contributed by atoms with E-state index >= 15 is 0 Å². The summed E-state index contributed by atoms with van der Waals surface area (Å²) in [6.07, 6.45) is 3.07. The highest BCUT2D eigenvalue weighted by atomic mass is 35.5. The number of rotatable bonds is 10. The Hall–Kier alpha value is -1.40. The Morgan fingerprint density at radius 2 is 2.17 bits per heavy atom. The van der Waals surface area contributed by atoms with Gasteiger partial charge in [-0.05, 0) is 55.5 Å². The first-order valence-electron chi connectivity index (χ1n) is 7.34. The van der Waals surface area contributed by atoms with E-state index in [1.165, 1.54) is 0 Å². The van der Waals surface area contributed by atoms with Crippen molar-refractivity contribution in [3.05, 3.63) is 28.8 Å². The van der Waals surface area contributed by atoms with Crippen LogP contribution in [0.25, 0.3) is 0 Å². The van der Waals surface area contributed by atoms with Gasteiger partial charge in [0.05, 0.1) is 6.61 Å². The molecular weight excluding hydrogens is 338 g/mol. The number of carboxylic acid groups (broad SMARTS) is 1. The van der Waals surface area contributed by atoms with Gasteiger partial charge < -0.3 is 15.2 Å². The van der Waals surface area contributed by atoms with E-state index in [1.807, 2.05) is 19.2 Å². The number of carboxylic acids is 1. The van der Waals surface area contributed by atoms with Crippen LogP contribution >= 0.6 is 23.4 Å². The molecule has 0 bridgehead atoms. The van der Waals surface area contributed by atoms with E-state index < -0.39 is 12.0 Å². The van der Waals surface area contributed by atoms with Gasteiger partial charge in [0.2, 0.25) is 5.91 Å². The highest BCUT2D eigenvalue weighted by Gasteiger charge is 2.18. The molecule has 128 valence electrons. The van der Waals surface area contributed by atoms with Gasteiger partial charge in [-0.1, -0.05) is 11.6 Å². The molecule has 0 unspecified atom stereocenters. The first-order valence-corrected chi connectivity index (χ1v) is 9.11. The van der Waals surface area contributed by atoms with Crippen LogP contribution in [0, 0.1) is 6.92 Å². The maximum Gasteiger partial charge on any atom is 0.326 e. The number of nitrogens with one attached hydrogen (secondary N) is 1. The van der Waals surface area contributed by atoms with E-state index in [1.54, 1.807) is 23.9 Å². The smallest absolute Gasteiger partial charge is 0.326 e. The van der Waals surface area contributed by atoms with Crippen LogP contribution in [-0.4, -0.2) is 41.6 Å². The number of aryl methyl sites for hydroxylation is 1. The average Bonchev–Trinajstić information content (AvgIpc) is 2.49. The fourth-order valence-corrected chi connectivity index (χ4v) is 2.65. The number of hydrogen-bond donors (Lipinski definition) is 2. The molecule has 2 N–H and O–H groups in total. The molecular formula is C16H22ClNO4S. The number of thioether (sulfide) groups is 1. The first-order chi connectivity index (χ1) is 10.9. The summed E-state index contributed by atoms with van der Waals surface area (Å²) in [5.74, 6) is 0.157. The van der Waals surface area contributed by atoms with Crippen LogP contribution in [0.4, 0.5) is 0 Å². The molecule has 0 heterocycles. The molecule has 0 aliphatic carbocycles. The zero-order chi connectivity index (χ0) is 17.2. The molecule has 1 aromatic rings. The van der Waals surface area contributed by atoms with Crippen LogP contribution in [-0.2, 0) is 9.59 Å². The average molecular weight is 360 g/mol.